The predicted octanol–water partition coefficient (Wildman–Crippen LogP) is -1.68. The second-order valence-corrected chi connectivity index (χ2v) is 1.93. The summed E-state index contributed by atoms with van der Waals surface area (Å²) in [5.74, 6) is -2.35. The summed E-state index contributed by atoms with van der Waals surface area (Å²) in [5.41, 5.74) is 10.3. The summed E-state index contributed by atoms with van der Waals surface area (Å²) in [6.45, 7) is 0.124. The van der Waals surface area contributed by atoms with Gasteiger partial charge in [0, 0.05) is 19.0 Å². The zero-order valence-electron chi connectivity index (χ0n) is 5.41. The molecule has 0 aliphatic heterocycles. The van der Waals surface area contributed by atoms with Crippen LogP contribution in [0.3, 0.4) is 0 Å². The van der Waals surface area contributed by atoms with Gasteiger partial charge in [0.2, 0.25) is 5.78 Å². The van der Waals surface area contributed by atoms with Gasteiger partial charge in [0.1, 0.15) is 0 Å². The number of carboxylic acid groups (broad SMARTS) is 1. The van der Waals surface area contributed by atoms with Crippen LogP contribution in [-0.2, 0) is 9.59 Å². The third-order valence-electron chi connectivity index (χ3n) is 0.989. The van der Waals surface area contributed by atoms with Gasteiger partial charge in [-0.05, 0) is 0 Å². The molecule has 0 bridgehead atoms. The van der Waals surface area contributed by atoms with E-state index in [0.29, 0.717) is 0 Å². The van der Waals surface area contributed by atoms with Gasteiger partial charge in [0.05, 0.1) is 0 Å². The van der Waals surface area contributed by atoms with Gasteiger partial charge in [0.25, 0.3) is 0 Å². The van der Waals surface area contributed by atoms with Crippen LogP contribution in [0.2, 0.25) is 0 Å². The van der Waals surface area contributed by atoms with Crippen molar-refractivity contribution in [3.05, 3.63) is 0 Å². The molecule has 0 spiro atoms. The lowest BCUT2D eigenvalue weighted by molar-refractivity contribution is -0.149. The lowest BCUT2D eigenvalue weighted by atomic mass is 10.1. The van der Waals surface area contributed by atoms with E-state index in [4.69, 9.17) is 16.6 Å². The molecule has 1 unspecified atom stereocenters. The number of rotatable bonds is 4. The molecule has 0 aromatic heterocycles. The van der Waals surface area contributed by atoms with Crippen molar-refractivity contribution in [1.29, 1.82) is 0 Å². The van der Waals surface area contributed by atoms with Gasteiger partial charge in [-0.3, -0.25) is 4.79 Å². The number of carbonyl (C=O) groups excluding carboxylic acids is 1. The van der Waals surface area contributed by atoms with Crippen LogP contribution < -0.4 is 11.5 Å². The summed E-state index contributed by atoms with van der Waals surface area (Å²) in [6.07, 6.45) is -0.189. The third-order valence-corrected chi connectivity index (χ3v) is 0.989. The van der Waals surface area contributed by atoms with E-state index in [1.165, 1.54) is 0 Å². The first kappa shape index (κ1) is 9.06. The number of ketones is 1. The van der Waals surface area contributed by atoms with E-state index in [0.717, 1.165) is 0 Å². The highest BCUT2D eigenvalue weighted by Crippen LogP contribution is 1.87. The summed E-state index contributed by atoms with van der Waals surface area (Å²) in [5, 5.41) is 8.08. The Hall–Kier alpha value is -0.940. The van der Waals surface area contributed by atoms with Crippen molar-refractivity contribution in [2.75, 3.05) is 6.54 Å². The van der Waals surface area contributed by atoms with E-state index < -0.39 is 17.8 Å². The van der Waals surface area contributed by atoms with Crippen LogP contribution in [0.15, 0.2) is 0 Å². The first-order chi connectivity index (χ1) is 4.57. The Bertz CT molecular complexity index is 146. The minimum atomic E-state index is -1.45. The third kappa shape index (κ3) is 3.16. The Morgan fingerprint density at radius 2 is 2.00 bits per heavy atom. The lowest BCUT2D eigenvalue weighted by Gasteiger charge is -2.03. The van der Waals surface area contributed by atoms with Gasteiger partial charge in [-0.25, -0.2) is 4.79 Å². The predicted molar refractivity (Wildman–Crippen MR) is 34.3 cm³/mol. The molecule has 5 nitrogen and oxygen atoms in total. The van der Waals surface area contributed by atoms with E-state index in [1.807, 2.05) is 0 Å². The van der Waals surface area contributed by atoms with E-state index in [-0.39, 0.29) is 13.0 Å². The highest BCUT2D eigenvalue weighted by Gasteiger charge is 2.14. The van der Waals surface area contributed by atoms with E-state index in [2.05, 4.69) is 0 Å². The average Bonchev–Trinajstić information content (AvgIpc) is 1.87. The number of hydrogen-bond donors (Lipinski definition) is 3. The summed E-state index contributed by atoms with van der Waals surface area (Å²) < 4.78 is 0. The fourth-order valence-corrected chi connectivity index (χ4v) is 0.409. The quantitative estimate of drug-likeness (QED) is 0.410. The van der Waals surface area contributed by atoms with Crippen LogP contribution in [0.1, 0.15) is 6.42 Å². The van der Waals surface area contributed by atoms with Gasteiger partial charge >= 0.3 is 5.97 Å². The molecule has 0 aliphatic carbocycles. The number of hydrogen-bond acceptors (Lipinski definition) is 4. The molecule has 0 heterocycles. The fourth-order valence-electron chi connectivity index (χ4n) is 0.409. The van der Waals surface area contributed by atoms with Crippen molar-refractivity contribution in [2.24, 2.45) is 11.5 Å². The van der Waals surface area contributed by atoms with Crippen LogP contribution >= 0.6 is 0 Å². The molecule has 0 saturated heterocycles. The molecule has 58 valence electrons. The minimum absolute atomic E-state index is 0.124. The molecule has 0 amide bonds. The smallest absolute Gasteiger partial charge is 0.372 e. The molecular weight excluding hydrogens is 136 g/mol. The lowest BCUT2D eigenvalue weighted by Crippen LogP contribution is -2.33. The van der Waals surface area contributed by atoms with Gasteiger partial charge in [-0.15, -0.1) is 0 Å². The molecule has 0 saturated carbocycles. The zero-order chi connectivity index (χ0) is 8.15. The Labute approximate surface area is 58.0 Å². The SMILES string of the molecule is NCC(N)CC(=O)C(=O)O. The number of nitrogens with two attached hydrogens (primary N) is 2. The topological polar surface area (TPSA) is 106 Å². The second-order valence-electron chi connectivity index (χ2n) is 1.93. The van der Waals surface area contributed by atoms with Crippen molar-refractivity contribution in [3.8, 4) is 0 Å². The Balaban J connectivity index is 3.68. The van der Waals surface area contributed by atoms with Crippen LogP contribution in [0.5, 0.6) is 0 Å². The van der Waals surface area contributed by atoms with Crippen LogP contribution in [0, 0.1) is 0 Å². The fraction of sp³-hybridized carbons (Fsp3) is 0.600. The zero-order valence-corrected chi connectivity index (χ0v) is 5.41. The van der Waals surface area contributed by atoms with Gasteiger partial charge < -0.3 is 16.6 Å². The van der Waals surface area contributed by atoms with E-state index >= 15 is 0 Å². The van der Waals surface area contributed by atoms with E-state index in [9.17, 15) is 9.59 Å². The molecule has 5 heteroatoms. The minimum Gasteiger partial charge on any atom is -0.476 e. The Morgan fingerprint density at radius 3 is 2.30 bits per heavy atom. The monoisotopic (exact) mass is 146 g/mol. The Morgan fingerprint density at radius 1 is 1.50 bits per heavy atom. The standard InChI is InChI=1S/C5H10N2O3/c6-2-3(7)1-4(8)5(9)10/h3H,1-2,6-7H2,(H,9,10). The summed E-state index contributed by atoms with van der Waals surface area (Å²) in [6, 6.07) is -0.538. The van der Waals surface area contributed by atoms with Gasteiger partial charge in [-0.2, -0.15) is 0 Å². The highest BCUT2D eigenvalue weighted by atomic mass is 16.4. The van der Waals surface area contributed by atoms with Crippen LogP contribution in [0.4, 0.5) is 0 Å². The number of carboxylic acids is 1. The maximum absolute atomic E-state index is 10.4. The Kier molecular flexibility index (Phi) is 3.60. The summed E-state index contributed by atoms with van der Waals surface area (Å²) in [4.78, 5) is 20.3. The molecular formula is C5H10N2O3. The van der Waals surface area contributed by atoms with Crippen molar-refractivity contribution in [1.82, 2.24) is 0 Å². The molecule has 0 rings (SSSR count). The molecule has 0 aromatic rings. The largest absolute Gasteiger partial charge is 0.476 e. The maximum Gasteiger partial charge on any atom is 0.372 e. The number of carbonyl (C=O) groups is 2. The second kappa shape index (κ2) is 3.97. The molecule has 5 N–H and O–H groups in total. The average molecular weight is 146 g/mol. The first-order valence-electron chi connectivity index (χ1n) is 2.79. The van der Waals surface area contributed by atoms with Crippen molar-refractivity contribution >= 4 is 11.8 Å². The molecule has 10 heavy (non-hydrogen) atoms. The molecule has 0 radical (unpaired) electrons. The van der Waals surface area contributed by atoms with E-state index in [1.54, 1.807) is 0 Å². The molecule has 0 aromatic carbocycles. The normalized spacial score (nSPS) is 12.6. The maximum atomic E-state index is 10.4. The van der Waals surface area contributed by atoms with Crippen molar-refractivity contribution < 1.29 is 14.7 Å². The summed E-state index contributed by atoms with van der Waals surface area (Å²) in [7, 11) is 0. The van der Waals surface area contributed by atoms with Crippen molar-refractivity contribution in [2.45, 2.75) is 12.5 Å². The molecule has 0 fully saturated rings. The van der Waals surface area contributed by atoms with Gasteiger partial charge in [-0.1, -0.05) is 0 Å². The number of aliphatic carboxylic acids is 1. The molecule has 0 aliphatic rings. The molecule has 1 atom stereocenters. The first-order valence-corrected chi connectivity index (χ1v) is 2.79. The summed E-state index contributed by atoms with van der Waals surface area (Å²) >= 11 is 0. The van der Waals surface area contributed by atoms with Crippen LogP contribution in [-0.4, -0.2) is 29.4 Å². The number of Topliss-reactive ketones (excluding diaryl/α,β-unsaturated/α-hetero) is 1. The van der Waals surface area contributed by atoms with Crippen molar-refractivity contribution in [3.63, 3.8) is 0 Å². The highest BCUT2D eigenvalue weighted by molar-refractivity contribution is 6.32. The van der Waals surface area contributed by atoms with Gasteiger partial charge in [0.15, 0.2) is 0 Å². The van der Waals surface area contributed by atoms with Crippen LogP contribution in [0.25, 0.3) is 0 Å².